The van der Waals surface area contributed by atoms with Crippen LogP contribution >= 0.6 is 0 Å². The van der Waals surface area contributed by atoms with Gasteiger partial charge in [-0.05, 0) is 30.2 Å². The number of amides is 1. The van der Waals surface area contributed by atoms with Crippen molar-refractivity contribution in [1.29, 1.82) is 0 Å². The largest absolute Gasteiger partial charge is 0.507 e. The highest BCUT2D eigenvalue weighted by Gasteiger charge is 2.55. The summed E-state index contributed by atoms with van der Waals surface area (Å²) >= 11 is 0. The molecule has 4 aromatic rings. The van der Waals surface area contributed by atoms with E-state index in [2.05, 4.69) is 0 Å². The maximum Gasteiger partial charge on any atom is 0.269 e. The topological polar surface area (TPSA) is 79.2 Å². The minimum absolute atomic E-state index is 0.0104. The first-order valence-electron chi connectivity index (χ1n) is 11.4. The van der Waals surface area contributed by atoms with Crippen LogP contribution in [-0.4, -0.2) is 22.9 Å². The van der Waals surface area contributed by atoms with Crippen LogP contribution < -0.4 is 14.4 Å². The molecule has 2 N–H and O–H groups in total. The molecule has 1 amide bonds. The van der Waals surface area contributed by atoms with Crippen molar-refractivity contribution in [1.82, 2.24) is 0 Å². The van der Waals surface area contributed by atoms with E-state index >= 15 is 0 Å². The molecular formula is C29H23NO5. The number of aliphatic hydroxyl groups is 1. The number of aromatic hydroxyl groups is 1. The van der Waals surface area contributed by atoms with Crippen molar-refractivity contribution in [2.45, 2.75) is 18.6 Å². The molecule has 0 spiro atoms. The molecule has 4 aromatic carbocycles. The summed E-state index contributed by atoms with van der Waals surface area (Å²) in [5, 5.41) is 23.1. The summed E-state index contributed by atoms with van der Waals surface area (Å²) in [5.74, 6) is -0.0530. The SMILES string of the molecule is Cc1ccc2c(c1)C(O)(c1cc3c(cc1O)OCO3)C(=O)N2C(c1ccccc1)c1ccccc1. The second-order valence-electron chi connectivity index (χ2n) is 8.85. The third-order valence-electron chi connectivity index (χ3n) is 6.70. The number of aryl methyl sites for hydroxylation is 1. The van der Waals surface area contributed by atoms with Gasteiger partial charge >= 0.3 is 0 Å². The summed E-state index contributed by atoms with van der Waals surface area (Å²) in [6.45, 7) is 1.91. The van der Waals surface area contributed by atoms with Crippen molar-refractivity contribution >= 4 is 11.6 Å². The third kappa shape index (κ3) is 3.18. The molecular weight excluding hydrogens is 442 g/mol. The van der Waals surface area contributed by atoms with Gasteiger partial charge in [0.15, 0.2) is 11.5 Å². The molecule has 0 saturated heterocycles. The highest BCUT2D eigenvalue weighted by atomic mass is 16.7. The van der Waals surface area contributed by atoms with Gasteiger partial charge in [-0.2, -0.15) is 0 Å². The molecule has 0 fully saturated rings. The van der Waals surface area contributed by atoms with Gasteiger partial charge in [-0.15, -0.1) is 0 Å². The average Bonchev–Trinajstić information content (AvgIpc) is 3.42. The first-order chi connectivity index (χ1) is 17.0. The standard InChI is InChI=1S/C29H23NO5/c1-18-12-13-23-21(14-18)29(33,22-15-25-26(16-24(22)31)35-17-34-25)28(32)30(23)27(19-8-4-2-5-9-19)20-10-6-3-7-11-20/h2-16,27,31,33H,17H2,1H3. The Balaban J connectivity index is 1.60. The van der Waals surface area contributed by atoms with Gasteiger partial charge in [-0.1, -0.05) is 78.4 Å². The highest BCUT2D eigenvalue weighted by Crippen LogP contribution is 2.53. The number of phenolic OH excluding ortho intramolecular Hbond substituents is 1. The van der Waals surface area contributed by atoms with Gasteiger partial charge in [0, 0.05) is 17.2 Å². The average molecular weight is 466 g/mol. The van der Waals surface area contributed by atoms with Crippen molar-refractivity contribution < 1.29 is 24.5 Å². The van der Waals surface area contributed by atoms with Gasteiger partial charge in [-0.3, -0.25) is 9.69 Å². The quantitative estimate of drug-likeness (QED) is 0.453. The number of ether oxygens (including phenoxy) is 2. The molecule has 1 atom stereocenters. The fourth-order valence-corrected chi connectivity index (χ4v) is 5.05. The number of phenols is 1. The number of rotatable bonds is 4. The number of carbonyl (C=O) groups is 1. The fraction of sp³-hybridized carbons (Fsp3) is 0.138. The van der Waals surface area contributed by atoms with Crippen LogP contribution in [0.4, 0.5) is 5.69 Å². The summed E-state index contributed by atoms with van der Waals surface area (Å²) in [7, 11) is 0. The number of fused-ring (bicyclic) bond motifs is 2. The van der Waals surface area contributed by atoms with Gasteiger partial charge in [0.05, 0.1) is 11.7 Å². The monoisotopic (exact) mass is 465 g/mol. The normalized spacial score (nSPS) is 18.3. The minimum Gasteiger partial charge on any atom is -0.507 e. The van der Waals surface area contributed by atoms with E-state index in [0.29, 0.717) is 22.7 Å². The van der Waals surface area contributed by atoms with E-state index < -0.39 is 17.6 Å². The van der Waals surface area contributed by atoms with Crippen molar-refractivity contribution in [3.63, 3.8) is 0 Å². The van der Waals surface area contributed by atoms with Gasteiger partial charge in [-0.25, -0.2) is 0 Å². The van der Waals surface area contributed by atoms with Crippen LogP contribution in [0.25, 0.3) is 0 Å². The lowest BCUT2D eigenvalue weighted by Gasteiger charge is -2.31. The van der Waals surface area contributed by atoms with E-state index in [0.717, 1.165) is 16.7 Å². The number of carbonyl (C=O) groups excluding carboxylic acids is 1. The maximum atomic E-state index is 14.3. The summed E-state index contributed by atoms with van der Waals surface area (Å²) in [4.78, 5) is 16.0. The smallest absolute Gasteiger partial charge is 0.269 e. The molecule has 35 heavy (non-hydrogen) atoms. The Kier molecular flexibility index (Phi) is 4.79. The molecule has 1 unspecified atom stereocenters. The summed E-state index contributed by atoms with van der Waals surface area (Å²) < 4.78 is 10.9. The Morgan fingerprint density at radius 3 is 2.06 bits per heavy atom. The van der Waals surface area contributed by atoms with E-state index in [1.54, 1.807) is 11.0 Å². The second kappa shape index (κ2) is 7.89. The van der Waals surface area contributed by atoms with Crippen LogP contribution in [0, 0.1) is 6.92 Å². The first kappa shape index (κ1) is 21.3. The van der Waals surface area contributed by atoms with E-state index in [1.807, 2.05) is 79.7 Å². The number of hydrogen-bond acceptors (Lipinski definition) is 5. The van der Waals surface area contributed by atoms with E-state index in [9.17, 15) is 15.0 Å². The first-order valence-corrected chi connectivity index (χ1v) is 11.4. The van der Waals surface area contributed by atoms with E-state index in [1.165, 1.54) is 12.1 Å². The molecule has 6 heteroatoms. The molecule has 0 aliphatic carbocycles. The van der Waals surface area contributed by atoms with Gasteiger partial charge in [0.25, 0.3) is 5.91 Å². The maximum absolute atomic E-state index is 14.3. The lowest BCUT2D eigenvalue weighted by Crippen LogP contribution is -2.43. The van der Waals surface area contributed by atoms with Gasteiger partial charge in [0.2, 0.25) is 12.4 Å². The van der Waals surface area contributed by atoms with Crippen molar-refractivity contribution in [2.75, 3.05) is 11.7 Å². The molecule has 0 aromatic heterocycles. The molecule has 0 saturated carbocycles. The van der Waals surface area contributed by atoms with Gasteiger partial charge in [0.1, 0.15) is 5.75 Å². The zero-order valence-electron chi connectivity index (χ0n) is 19.0. The number of anilines is 1. The van der Waals surface area contributed by atoms with Crippen LogP contribution in [0.15, 0.2) is 91.0 Å². The van der Waals surface area contributed by atoms with E-state index in [-0.39, 0.29) is 18.1 Å². The van der Waals surface area contributed by atoms with Crippen LogP contribution in [-0.2, 0) is 10.4 Å². The molecule has 2 aliphatic heterocycles. The van der Waals surface area contributed by atoms with Crippen LogP contribution in [0.3, 0.4) is 0 Å². The Hall–Kier alpha value is -4.29. The number of nitrogens with zero attached hydrogens (tertiary/aromatic N) is 1. The number of benzene rings is 4. The van der Waals surface area contributed by atoms with Crippen molar-refractivity contribution in [3.8, 4) is 17.2 Å². The third-order valence-corrected chi connectivity index (χ3v) is 6.70. The van der Waals surface area contributed by atoms with Crippen molar-refractivity contribution in [3.05, 3.63) is 119 Å². The minimum atomic E-state index is -2.12. The predicted octanol–water partition coefficient (Wildman–Crippen LogP) is 4.80. The molecule has 6 rings (SSSR count). The zero-order chi connectivity index (χ0) is 24.2. The molecule has 2 heterocycles. The molecule has 6 nitrogen and oxygen atoms in total. The summed E-state index contributed by atoms with van der Waals surface area (Å²) in [6.07, 6.45) is 0. The van der Waals surface area contributed by atoms with E-state index in [4.69, 9.17) is 9.47 Å². The summed E-state index contributed by atoms with van der Waals surface area (Å²) in [5.41, 5.74) is 1.62. The van der Waals surface area contributed by atoms with Crippen LogP contribution in [0.1, 0.15) is 33.9 Å². The Bertz CT molecular complexity index is 1400. The molecule has 2 aliphatic rings. The van der Waals surface area contributed by atoms with Crippen molar-refractivity contribution in [2.24, 2.45) is 0 Å². The second-order valence-corrected chi connectivity index (χ2v) is 8.85. The zero-order valence-corrected chi connectivity index (χ0v) is 19.0. The van der Waals surface area contributed by atoms with Gasteiger partial charge < -0.3 is 19.7 Å². The van der Waals surface area contributed by atoms with Crippen LogP contribution in [0.5, 0.6) is 17.2 Å². The van der Waals surface area contributed by atoms with Crippen LogP contribution in [0.2, 0.25) is 0 Å². The molecule has 0 bridgehead atoms. The number of hydrogen-bond donors (Lipinski definition) is 2. The fourth-order valence-electron chi connectivity index (χ4n) is 5.05. The summed E-state index contributed by atoms with van der Waals surface area (Å²) in [6, 6.07) is 27.4. The Morgan fingerprint density at radius 2 is 1.43 bits per heavy atom. The lowest BCUT2D eigenvalue weighted by atomic mass is 9.86. The predicted molar refractivity (Wildman–Crippen MR) is 131 cm³/mol. The Labute approximate surface area is 202 Å². The molecule has 0 radical (unpaired) electrons. The lowest BCUT2D eigenvalue weighted by molar-refractivity contribution is -0.132. The highest BCUT2D eigenvalue weighted by molar-refractivity contribution is 6.10. The Morgan fingerprint density at radius 1 is 0.829 bits per heavy atom. The molecule has 174 valence electrons.